The summed E-state index contributed by atoms with van der Waals surface area (Å²) in [7, 11) is 2.98. The molecule has 0 fully saturated rings. The molecule has 0 aliphatic heterocycles. The molecule has 0 bridgehead atoms. The van der Waals surface area contributed by atoms with Gasteiger partial charge in [-0.15, -0.1) is 0 Å². The molecule has 0 aliphatic carbocycles. The molecule has 0 saturated heterocycles. The van der Waals surface area contributed by atoms with Gasteiger partial charge < -0.3 is 11.1 Å². The zero-order chi connectivity index (χ0) is 13.0. The molecule has 0 heterocycles. The molecule has 1 aromatic rings. The van der Waals surface area contributed by atoms with Crippen molar-refractivity contribution in [2.75, 3.05) is 14.1 Å². The monoisotopic (exact) mass is 274 g/mol. The number of amides is 2. The minimum absolute atomic E-state index is 0.000602. The molecule has 1 aromatic carbocycles. The Morgan fingerprint density at radius 2 is 1.94 bits per heavy atom. The number of nitrogens with two attached hydrogens (primary N) is 1. The number of hydrogen-bond acceptors (Lipinski definition) is 2. The van der Waals surface area contributed by atoms with E-state index in [0.29, 0.717) is 15.7 Å². The minimum Gasteiger partial charge on any atom is -0.369 e. The summed E-state index contributed by atoms with van der Waals surface area (Å²) in [6, 6.07) is 4.59. The van der Waals surface area contributed by atoms with Crippen molar-refractivity contribution in [1.82, 2.24) is 10.2 Å². The molecule has 0 radical (unpaired) electrons. The van der Waals surface area contributed by atoms with Gasteiger partial charge >= 0.3 is 6.03 Å². The van der Waals surface area contributed by atoms with E-state index in [1.165, 1.54) is 14.1 Å². The molecule has 0 aliphatic rings. The quantitative estimate of drug-likeness (QED) is 0.609. The maximum atomic E-state index is 11.3. The summed E-state index contributed by atoms with van der Waals surface area (Å²) in [6.07, 6.45) is 0. The lowest BCUT2D eigenvalue weighted by molar-refractivity contribution is 0.228. The lowest BCUT2D eigenvalue weighted by Crippen LogP contribution is -2.43. The van der Waals surface area contributed by atoms with E-state index in [0.717, 1.165) is 4.90 Å². The Balaban J connectivity index is 3.06. The molecule has 3 N–H and O–H groups in total. The molecular formula is C10H12Cl2N4O. The number of rotatable bonds is 1. The zero-order valence-corrected chi connectivity index (χ0v) is 10.9. The number of urea groups is 1. The maximum Gasteiger partial charge on any atom is 0.323 e. The van der Waals surface area contributed by atoms with Crippen LogP contribution in [0.1, 0.15) is 0 Å². The lowest BCUT2D eigenvalue weighted by Gasteiger charge is -2.15. The third-order valence-corrected chi connectivity index (χ3v) is 2.64. The van der Waals surface area contributed by atoms with Crippen molar-refractivity contribution in [3.05, 3.63) is 28.2 Å². The van der Waals surface area contributed by atoms with Crippen LogP contribution in [0, 0.1) is 0 Å². The normalized spacial score (nSPS) is 11.2. The second-order valence-electron chi connectivity index (χ2n) is 3.15. The number of guanidine groups is 1. The first-order valence-corrected chi connectivity index (χ1v) is 5.46. The number of aliphatic imine (C=N–C) groups is 1. The highest BCUT2D eigenvalue weighted by atomic mass is 35.5. The van der Waals surface area contributed by atoms with E-state index in [-0.39, 0.29) is 12.0 Å². The first-order chi connectivity index (χ1) is 7.97. The molecule has 2 amide bonds. The van der Waals surface area contributed by atoms with E-state index in [2.05, 4.69) is 10.3 Å². The molecule has 0 saturated carbocycles. The summed E-state index contributed by atoms with van der Waals surface area (Å²) in [4.78, 5) is 16.5. The molecule has 5 nitrogen and oxygen atoms in total. The highest BCUT2D eigenvalue weighted by Gasteiger charge is 2.12. The van der Waals surface area contributed by atoms with Crippen LogP contribution in [0.4, 0.5) is 10.5 Å². The number of nitrogens with one attached hydrogen (secondary N) is 1. The van der Waals surface area contributed by atoms with E-state index < -0.39 is 0 Å². The Morgan fingerprint density at radius 3 is 2.41 bits per heavy atom. The third kappa shape index (κ3) is 3.25. The Morgan fingerprint density at radius 1 is 1.41 bits per heavy atom. The molecule has 0 unspecified atom stereocenters. The van der Waals surface area contributed by atoms with Crippen LogP contribution in [-0.4, -0.2) is 31.0 Å². The Hall–Kier alpha value is -1.46. The van der Waals surface area contributed by atoms with Crippen molar-refractivity contribution in [3.8, 4) is 0 Å². The number of carbonyl (C=O) groups is 1. The highest BCUT2D eigenvalue weighted by Crippen LogP contribution is 2.32. The summed E-state index contributed by atoms with van der Waals surface area (Å²) in [5, 5.41) is 3.15. The Kier molecular flexibility index (Phi) is 4.60. The van der Waals surface area contributed by atoms with Crippen molar-refractivity contribution in [2.45, 2.75) is 0 Å². The fraction of sp³-hybridized carbons (Fsp3) is 0.200. The van der Waals surface area contributed by atoms with Crippen LogP contribution < -0.4 is 11.1 Å². The van der Waals surface area contributed by atoms with E-state index in [1.807, 2.05) is 0 Å². The number of nitrogens with zero attached hydrogens (tertiary/aromatic N) is 2. The zero-order valence-electron chi connectivity index (χ0n) is 9.37. The molecule has 7 heteroatoms. The summed E-state index contributed by atoms with van der Waals surface area (Å²) < 4.78 is 0. The summed E-state index contributed by atoms with van der Waals surface area (Å²) in [6.45, 7) is 0. The number of halogens is 2. The van der Waals surface area contributed by atoms with Gasteiger partial charge in [0.05, 0.1) is 10.0 Å². The van der Waals surface area contributed by atoms with Gasteiger partial charge in [-0.25, -0.2) is 9.79 Å². The molecule has 17 heavy (non-hydrogen) atoms. The van der Waals surface area contributed by atoms with Crippen LogP contribution in [0.15, 0.2) is 23.2 Å². The van der Waals surface area contributed by atoms with Crippen molar-refractivity contribution >= 4 is 40.9 Å². The molecule has 0 spiro atoms. The van der Waals surface area contributed by atoms with Crippen molar-refractivity contribution in [2.24, 2.45) is 10.7 Å². The number of benzene rings is 1. The van der Waals surface area contributed by atoms with Crippen LogP contribution in [0.5, 0.6) is 0 Å². The molecule has 0 atom stereocenters. The van der Waals surface area contributed by atoms with Crippen LogP contribution in [0.25, 0.3) is 0 Å². The van der Waals surface area contributed by atoms with Crippen molar-refractivity contribution in [1.29, 1.82) is 0 Å². The largest absolute Gasteiger partial charge is 0.369 e. The van der Waals surface area contributed by atoms with Gasteiger partial charge in [0.2, 0.25) is 5.96 Å². The van der Waals surface area contributed by atoms with E-state index in [1.54, 1.807) is 18.2 Å². The average molecular weight is 275 g/mol. The smallest absolute Gasteiger partial charge is 0.323 e. The summed E-state index contributed by atoms with van der Waals surface area (Å²) in [5.74, 6) is -0.000602. The van der Waals surface area contributed by atoms with Crippen molar-refractivity contribution < 1.29 is 4.79 Å². The average Bonchev–Trinajstić information content (AvgIpc) is 2.31. The second kappa shape index (κ2) is 5.75. The van der Waals surface area contributed by atoms with Gasteiger partial charge in [-0.1, -0.05) is 29.3 Å². The topological polar surface area (TPSA) is 70.7 Å². The van der Waals surface area contributed by atoms with Gasteiger partial charge in [0.25, 0.3) is 0 Å². The molecule has 1 rings (SSSR count). The maximum absolute atomic E-state index is 11.3. The van der Waals surface area contributed by atoms with Gasteiger partial charge in [0.15, 0.2) is 0 Å². The van der Waals surface area contributed by atoms with Gasteiger partial charge in [0, 0.05) is 14.1 Å². The second-order valence-corrected chi connectivity index (χ2v) is 3.97. The van der Waals surface area contributed by atoms with E-state index in [4.69, 9.17) is 28.9 Å². The molecular weight excluding hydrogens is 263 g/mol. The first-order valence-electron chi connectivity index (χ1n) is 4.71. The van der Waals surface area contributed by atoms with Gasteiger partial charge in [-0.05, 0) is 12.1 Å². The SMILES string of the molecule is CNC(=O)N(C)C(N)=Nc1c(Cl)cccc1Cl. The minimum atomic E-state index is -0.380. The number of para-hydroxylation sites is 1. The standard InChI is InChI=1S/C10H12Cl2N4O/c1-14-10(17)16(2)9(13)15-8-6(11)4-3-5-7(8)12/h3-5H,1-2H3,(H2,13,15)(H,14,17). The highest BCUT2D eigenvalue weighted by molar-refractivity contribution is 6.38. The summed E-state index contributed by atoms with van der Waals surface area (Å²) >= 11 is 11.9. The van der Waals surface area contributed by atoms with Crippen LogP contribution in [-0.2, 0) is 0 Å². The van der Waals surface area contributed by atoms with E-state index in [9.17, 15) is 4.79 Å². The number of hydrogen-bond donors (Lipinski definition) is 2. The lowest BCUT2D eigenvalue weighted by atomic mass is 10.3. The Bertz CT molecular complexity index is 441. The molecule has 92 valence electrons. The fourth-order valence-electron chi connectivity index (χ4n) is 1.06. The van der Waals surface area contributed by atoms with Crippen molar-refractivity contribution in [3.63, 3.8) is 0 Å². The predicted molar refractivity (Wildman–Crippen MR) is 70.0 cm³/mol. The first kappa shape index (κ1) is 13.6. The predicted octanol–water partition coefficient (Wildman–Crippen LogP) is 2.21. The fourth-order valence-corrected chi connectivity index (χ4v) is 1.54. The third-order valence-electron chi connectivity index (χ3n) is 2.03. The van der Waals surface area contributed by atoms with Gasteiger partial charge in [-0.2, -0.15) is 0 Å². The van der Waals surface area contributed by atoms with Gasteiger partial charge in [0.1, 0.15) is 5.69 Å². The van der Waals surface area contributed by atoms with Crippen LogP contribution in [0.2, 0.25) is 10.0 Å². The van der Waals surface area contributed by atoms with Crippen LogP contribution in [0.3, 0.4) is 0 Å². The van der Waals surface area contributed by atoms with Crippen LogP contribution >= 0.6 is 23.2 Å². The van der Waals surface area contributed by atoms with E-state index >= 15 is 0 Å². The molecule has 0 aromatic heterocycles. The number of carbonyl (C=O) groups excluding carboxylic acids is 1. The summed E-state index contributed by atoms with van der Waals surface area (Å²) in [5.41, 5.74) is 6.00. The Labute approximate surface area is 109 Å². The van der Waals surface area contributed by atoms with Gasteiger partial charge in [-0.3, -0.25) is 4.90 Å².